The van der Waals surface area contributed by atoms with Crippen molar-refractivity contribution in [3.8, 4) is 17.1 Å². The summed E-state index contributed by atoms with van der Waals surface area (Å²) in [5, 5.41) is 0. The zero-order valence-corrected chi connectivity index (χ0v) is 19.3. The van der Waals surface area contributed by atoms with Gasteiger partial charge in [0.15, 0.2) is 5.75 Å². The summed E-state index contributed by atoms with van der Waals surface area (Å²) in [5.41, 5.74) is -0.716. The molecule has 0 aliphatic heterocycles. The topological polar surface area (TPSA) is 124 Å². The van der Waals surface area contributed by atoms with E-state index in [0.717, 1.165) is 30.7 Å². The third-order valence-corrected chi connectivity index (χ3v) is 6.41. The van der Waals surface area contributed by atoms with E-state index < -0.39 is 59.6 Å². The van der Waals surface area contributed by atoms with Gasteiger partial charge in [0, 0.05) is 13.2 Å². The van der Waals surface area contributed by atoms with E-state index >= 15 is 0 Å². The number of imidazole rings is 1. The van der Waals surface area contributed by atoms with Crippen molar-refractivity contribution < 1.29 is 34.6 Å². The summed E-state index contributed by atoms with van der Waals surface area (Å²) >= 11 is 0. The second-order valence-electron chi connectivity index (χ2n) is 6.98. The molecular formula is C20H19F2N3O6S2. The third kappa shape index (κ3) is 5.20. The third-order valence-electron chi connectivity index (χ3n) is 4.47. The van der Waals surface area contributed by atoms with Crippen molar-refractivity contribution in [1.29, 1.82) is 0 Å². The van der Waals surface area contributed by atoms with Gasteiger partial charge < -0.3 is 8.75 Å². The van der Waals surface area contributed by atoms with Gasteiger partial charge in [-0.1, -0.05) is 25.1 Å². The van der Waals surface area contributed by atoms with Crippen molar-refractivity contribution in [2.75, 3.05) is 6.26 Å². The van der Waals surface area contributed by atoms with Crippen LogP contribution in [0.25, 0.3) is 11.4 Å². The molecule has 0 aliphatic carbocycles. The normalized spacial score (nSPS) is 11.9. The van der Waals surface area contributed by atoms with Crippen LogP contribution in [0.4, 0.5) is 8.78 Å². The van der Waals surface area contributed by atoms with Crippen molar-refractivity contribution in [1.82, 2.24) is 14.3 Å². The highest BCUT2D eigenvalue weighted by Crippen LogP contribution is 2.30. The lowest BCUT2D eigenvalue weighted by molar-refractivity contribution is 0.0977. The molecule has 2 aromatic carbocycles. The van der Waals surface area contributed by atoms with Gasteiger partial charge in [-0.05, 0) is 30.2 Å². The van der Waals surface area contributed by atoms with Gasteiger partial charge in [-0.2, -0.15) is 8.42 Å². The first-order valence-electron chi connectivity index (χ1n) is 9.40. The average Bonchev–Trinajstić information content (AvgIpc) is 3.07. The van der Waals surface area contributed by atoms with Gasteiger partial charge in [0.05, 0.1) is 11.8 Å². The summed E-state index contributed by atoms with van der Waals surface area (Å²) < 4.78 is 85.2. The largest absolute Gasteiger partial charge is 0.381 e. The summed E-state index contributed by atoms with van der Waals surface area (Å²) in [6.45, 7) is 1.63. The van der Waals surface area contributed by atoms with E-state index in [2.05, 4.69) is 4.98 Å². The molecule has 0 aliphatic rings. The Morgan fingerprint density at radius 3 is 2.27 bits per heavy atom. The van der Waals surface area contributed by atoms with Crippen molar-refractivity contribution in [2.45, 2.75) is 18.2 Å². The maximum absolute atomic E-state index is 14.1. The number of amides is 1. The first-order valence-corrected chi connectivity index (χ1v) is 12.7. The molecule has 1 N–H and O–H groups in total. The summed E-state index contributed by atoms with van der Waals surface area (Å²) in [4.78, 5) is 16.0. The van der Waals surface area contributed by atoms with Crippen LogP contribution in [-0.4, -0.2) is 38.5 Å². The van der Waals surface area contributed by atoms with Crippen LogP contribution in [0, 0.1) is 11.6 Å². The number of carbonyl (C=O) groups excluding carboxylic acids is 1. The minimum Gasteiger partial charge on any atom is -0.381 e. The number of nitrogens with zero attached hydrogens (tertiary/aromatic N) is 2. The Balaban J connectivity index is 2.01. The Kier molecular flexibility index (Phi) is 6.56. The number of sulfonamides is 1. The fourth-order valence-corrected chi connectivity index (χ4v) is 5.02. The van der Waals surface area contributed by atoms with Crippen molar-refractivity contribution >= 4 is 26.0 Å². The van der Waals surface area contributed by atoms with Gasteiger partial charge in [0.1, 0.15) is 28.0 Å². The second-order valence-corrected chi connectivity index (χ2v) is 10.2. The van der Waals surface area contributed by atoms with E-state index in [9.17, 15) is 30.4 Å². The van der Waals surface area contributed by atoms with Crippen LogP contribution in [0.3, 0.4) is 0 Å². The molecule has 0 saturated heterocycles. The highest BCUT2D eigenvalue weighted by atomic mass is 32.2. The Morgan fingerprint density at radius 2 is 1.70 bits per heavy atom. The number of aryl methyl sites for hydroxylation is 2. The monoisotopic (exact) mass is 499 g/mol. The Labute approximate surface area is 189 Å². The minimum atomic E-state index is -4.62. The highest BCUT2D eigenvalue weighted by Gasteiger charge is 2.29. The Bertz CT molecular complexity index is 1430. The highest BCUT2D eigenvalue weighted by molar-refractivity contribution is 7.90. The van der Waals surface area contributed by atoms with Crippen LogP contribution >= 0.6 is 0 Å². The van der Waals surface area contributed by atoms with Gasteiger partial charge in [-0.3, -0.25) is 4.79 Å². The van der Waals surface area contributed by atoms with Crippen LogP contribution in [0.15, 0.2) is 47.5 Å². The second kappa shape index (κ2) is 8.90. The van der Waals surface area contributed by atoms with E-state index in [1.807, 2.05) is 0 Å². The van der Waals surface area contributed by atoms with E-state index in [4.69, 9.17) is 4.18 Å². The first-order chi connectivity index (χ1) is 15.3. The van der Waals surface area contributed by atoms with Crippen molar-refractivity contribution in [2.24, 2.45) is 7.05 Å². The van der Waals surface area contributed by atoms with Crippen LogP contribution in [0.2, 0.25) is 0 Å². The standard InChI is InChI=1S/C20H19F2N3O6S2/c1-4-12-7-5-10-16(31-32(3,27)28)18(12)33(29,30)24-20(26)15-11-25(2)19(23-15)17-13(21)8-6-9-14(17)22/h5-11H,4H2,1-3H3,(H,24,26). The molecule has 0 spiro atoms. The summed E-state index contributed by atoms with van der Waals surface area (Å²) in [5.74, 6) is -3.73. The smallest absolute Gasteiger partial charge is 0.306 e. The molecule has 0 atom stereocenters. The number of halogens is 2. The summed E-state index contributed by atoms with van der Waals surface area (Å²) in [6, 6.07) is 7.18. The van der Waals surface area contributed by atoms with E-state index in [1.54, 1.807) is 11.6 Å². The predicted octanol–water partition coefficient (Wildman–Crippen LogP) is 2.38. The molecule has 1 heterocycles. The quantitative estimate of drug-likeness (QED) is 0.495. The van der Waals surface area contributed by atoms with Crippen LogP contribution in [0.1, 0.15) is 23.0 Å². The predicted molar refractivity (Wildman–Crippen MR) is 115 cm³/mol. The molecule has 0 unspecified atom stereocenters. The number of hydrogen-bond acceptors (Lipinski definition) is 7. The lowest BCUT2D eigenvalue weighted by Crippen LogP contribution is -2.32. The average molecular weight is 500 g/mol. The molecule has 3 aromatic rings. The molecule has 33 heavy (non-hydrogen) atoms. The maximum atomic E-state index is 14.1. The van der Waals surface area contributed by atoms with Crippen molar-refractivity contribution in [3.05, 3.63) is 65.5 Å². The Morgan fingerprint density at radius 1 is 1.09 bits per heavy atom. The van der Waals surface area contributed by atoms with Gasteiger partial charge in [-0.15, -0.1) is 0 Å². The number of hydrogen-bond donors (Lipinski definition) is 1. The zero-order valence-electron chi connectivity index (χ0n) is 17.7. The summed E-state index contributed by atoms with van der Waals surface area (Å²) in [6.07, 6.45) is 2.04. The first kappa shape index (κ1) is 24.3. The van der Waals surface area contributed by atoms with Crippen LogP contribution in [-0.2, 0) is 33.6 Å². The maximum Gasteiger partial charge on any atom is 0.306 e. The van der Waals surface area contributed by atoms with E-state index in [0.29, 0.717) is 0 Å². The number of benzene rings is 2. The van der Waals surface area contributed by atoms with E-state index in [-0.39, 0.29) is 17.8 Å². The lowest BCUT2D eigenvalue weighted by Gasteiger charge is -2.14. The lowest BCUT2D eigenvalue weighted by atomic mass is 10.2. The van der Waals surface area contributed by atoms with Gasteiger partial charge >= 0.3 is 10.1 Å². The molecule has 0 bridgehead atoms. The molecular weight excluding hydrogens is 480 g/mol. The fraction of sp³-hybridized carbons (Fsp3) is 0.200. The molecule has 176 valence electrons. The molecule has 0 fully saturated rings. The van der Waals surface area contributed by atoms with Crippen LogP contribution in [0.5, 0.6) is 5.75 Å². The van der Waals surface area contributed by atoms with Gasteiger partial charge in [0.2, 0.25) is 0 Å². The van der Waals surface area contributed by atoms with Crippen LogP contribution < -0.4 is 8.91 Å². The fourth-order valence-electron chi connectivity index (χ4n) is 3.12. The number of nitrogens with one attached hydrogen (secondary N) is 1. The molecule has 1 amide bonds. The molecule has 13 heteroatoms. The minimum absolute atomic E-state index is 0.186. The van der Waals surface area contributed by atoms with E-state index in [1.165, 1.54) is 29.8 Å². The number of carbonyl (C=O) groups is 1. The molecule has 9 nitrogen and oxygen atoms in total. The number of aromatic nitrogens is 2. The molecule has 1 aromatic heterocycles. The SMILES string of the molecule is CCc1cccc(OS(C)(=O)=O)c1S(=O)(=O)NC(=O)c1cn(C)c(-c2c(F)cccc2F)n1. The molecule has 0 radical (unpaired) electrons. The van der Waals surface area contributed by atoms with Gasteiger partial charge in [0.25, 0.3) is 15.9 Å². The summed E-state index contributed by atoms with van der Waals surface area (Å²) in [7, 11) is -7.32. The Hall–Kier alpha value is -3.32. The van der Waals surface area contributed by atoms with Crippen molar-refractivity contribution in [3.63, 3.8) is 0 Å². The zero-order chi connectivity index (χ0) is 24.6. The van der Waals surface area contributed by atoms with Gasteiger partial charge in [-0.25, -0.2) is 26.9 Å². The number of rotatable bonds is 7. The molecule has 0 saturated carbocycles. The molecule has 3 rings (SSSR count).